The highest BCUT2D eigenvalue weighted by atomic mass is 19.1. The first kappa shape index (κ1) is 11.2. The molecule has 0 aromatic heterocycles. The van der Waals surface area contributed by atoms with Crippen molar-refractivity contribution in [3.8, 4) is 0 Å². The van der Waals surface area contributed by atoms with Gasteiger partial charge in [-0.25, -0.2) is 4.39 Å². The van der Waals surface area contributed by atoms with E-state index in [-0.39, 0.29) is 6.67 Å². The summed E-state index contributed by atoms with van der Waals surface area (Å²) >= 11 is 0. The van der Waals surface area contributed by atoms with Crippen molar-refractivity contribution in [1.29, 1.82) is 0 Å². The molecule has 16 heavy (non-hydrogen) atoms. The molecule has 0 aliphatic carbocycles. The Kier molecular flexibility index (Phi) is 3.62. The fourth-order valence-corrected chi connectivity index (χ4v) is 2.09. The van der Waals surface area contributed by atoms with E-state index in [0.29, 0.717) is 12.6 Å². The lowest BCUT2D eigenvalue weighted by Crippen LogP contribution is -2.27. The summed E-state index contributed by atoms with van der Waals surface area (Å²) in [7, 11) is 0. The molecule has 1 aliphatic heterocycles. The van der Waals surface area contributed by atoms with Crippen LogP contribution >= 0.6 is 0 Å². The Morgan fingerprint density at radius 2 is 2.12 bits per heavy atom. The molecule has 3 N–H and O–H groups in total. The Bertz CT molecular complexity index is 326. The lowest BCUT2D eigenvalue weighted by Gasteiger charge is -2.16. The van der Waals surface area contributed by atoms with Gasteiger partial charge in [-0.05, 0) is 30.7 Å². The molecule has 0 saturated carbocycles. The van der Waals surface area contributed by atoms with Crippen LogP contribution in [0.1, 0.15) is 6.42 Å². The second-order valence-electron chi connectivity index (χ2n) is 4.24. The van der Waals surface area contributed by atoms with Crippen LogP contribution in [0.5, 0.6) is 0 Å². The molecule has 1 saturated heterocycles. The first-order valence-corrected chi connectivity index (χ1v) is 5.68. The molecule has 88 valence electrons. The molecule has 0 bridgehead atoms. The van der Waals surface area contributed by atoms with E-state index in [4.69, 9.17) is 5.73 Å². The van der Waals surface area contributed by atoms with Gasteiger partial charge in [0.25, 0.3) is 0 Å². The van der Waals surface area contributed by atoms with Crippen LogP contribution in [0.3, 0.4) is 0 Å². The van der Waals surface area contributed by atoms with Gasteiger partial charge in [-0.2, -0.15) is 0 Å². The van der Waals surface area contributed by atoms with Crippen molar-refractivity contribution in [2.75, 3.05) is 37.4 Å². The second-order valence-corrected chi connectivity index (χ2v) is 4.24. The van der Waals surface area contributed by atoms with Crippen LogP contribution in [0.25, 0.3) is 0 Å². The van der Waals surface area contributed by atoms with Gasteiger partial charge in [0, 0.05) is 37.1 Å². The van der Waals surface area contributed by atoms with Gasteiger partial charge in [0.05, 0.1) is 0 Å². The number of nitrogens with zero attached hydrogens (tertiary/aromatic N) is 1. The van der Waals surface area contributed by atoms with Gasteiger partial charge in [-0.1, -0.05) is 0 Å². The molecule has 0 unspecified atom stereocenters. The highest BCUT2D eigenvalue weighted by molar-refractivity contribution is 5.51. The Balaban J connectivity index is 1.84. The normalized spacial score (nSPS) is 21.2. The van der Waals surface area contributed by atoms with Crippen molar-refractivity contribution in [2.24, 2.45) is 0 Å². The highest BCUT2D eigenvalue weighted by Gasteiger charge is 2.21. The average Bonchev–Trinajstić information content (AvgIpc) is 2.70. The fraction of sp³-hybridized carbons (Fsp3) is 0.500. The summed E-state index contributed by atoms with van der Waals surface area (Å²) in [6.07, 6.45) is 1.07. The summed E-state index contributed by atoms with van der Waals surface area (Å²) < 4.78 is 12.2. The topological polar surface area (TPSA) is 41.3 Å². The van der Waals surface area contributed by atoms with Crippen molar-refractivity contribution in [1.82, 2.24) is 4.90 Å². The number of rotatable bonds is 4. The maximum absolute atomic E-state index is 12.2. The van der Waals surface area contributed by atoms with E-state index < -0.39 is 0 Å². The third kappa shape index (κ3) is 2.85. The van der Waals surface area contributed by atoms with Gasteiger partial charge in [0.15, 0.2) is 0 Å². The minimum Gasteiger partial charge on any atom is -0.399 e. The number of likely N-dealkylation sites (tertiary alicyclic amines) is 1. The van der Waals surface area contributed by atoms with E-state index in [2.05, 4.69) is 10.2 Å². The van der Waals surface area contributed by atoms with Crippen LogP contribution in [0.2, 0.25) is 0 Å². The monoisotopic (exact) mass is 223 g/mol. The summed E-state index contributed by atoms with van der Waals surface area (Å²) in [5.74, 6) is 0. The number of benzene rings is 1. The standard InChI is InChI=1S/C12H18FN3/c13-6-8-16-7-5-12(9-16)15-11-3-1-10(14)2-4-11/h1-4,12,15H,5-9,14H2/t12-/m1/s1. The summed E-state index contributed by atoms with van der Waals surface area (Å²) in [6, 6.07) is 8.16. The first-order valence-electron chi connectivity index (χ1n) is 5.68. The Morgan fingerprint density at radius 1 is 1.38 bits per heavy atom. The van der Waals surface area contributed by atoms with Gasteiger partial charge in [-0.3, -0.25) is 4.90 Å². The third-order valence-electron chi connectivity index (χ3n) is 2.95. The van der Waals surface area contributed by atoms with E-state index in [1.54, 1.807) is 0 Å². The van der Waals surface area contributed by atoms with E-state index in [9.17, 15) is 4.39 Å². The zero-order valence-electron chi connectivity index (χ0n) is 9.32. The Morgan fingerprint density at radius 3 is 2.81 bits per heavy atom. The van der Waals surface area contributed by atoms with Crippen LogP contribution in [-0.2, 0) is 0 Å². The van der Waals surface area contributed by atoms with Crippen LogP contribution in [0.4, 0.5) is 15.8 Å². The minimum atomic E-state index is -0.255. The van der Waals surface area contributed by atoms with Crippen LogP contribution in [-0.4, -0.2) is 37.3 Å². The zero-order valence-corrected chi connectivity index (χ0v) is 9.32. The smallest absolute Gasteiger partial charge is 0.102 e. The first-order chi connectivity index (χ1) is 7.78. The molecule has 1 aromatic carbocycles. The zero-order chi connectivity index (χ0) is 11.4. The number of anilines is 2. The molecule has 1 aliphatic rings. The number of nitrogen functional groups attached to an aromatic ring is 1. The molecule has 0 radical (unpaired) electrons. The molecule has 3 nitrogen and oxygen atoms in total. The number of halogens is 1. The number of hydrogen-bond donors (Lipinski definition) is 2. The maximum atomic E-state index is 12.2. The molecular weight excluding hydrogens is 205 g/mol. The molecular formula is C12H18FN3. The van der Waals surface area contributed by atoms with Crippen molar-refractivity contribution >= 4 is 11.4 Å². The minimum absolute atomic E-state index is 0.255. The van der Waals surface area contributed by atoms with Gasteiger partial charge in [0.2, 0.25) is 0 Å². The third-order valence-corrected chi connectivity index (χ3v) is 2.95. The second kappa shape index (κ2) is 5.16. The highest BCUT2D eigenvalue weighted by Crippen LogP contribution is 2.16. The molecule has 2 rings (SSSR count). The summed E-state index contributed by atoms with van der Waals surface area (Å²) in [5, 5.41) is 3.44. The van der Waals surface area contributed by atoms with Crippen LogP contribution in [0.15, 0.2) is 24.3 Å². The largest absolute Gasteiger partial charge is 0.399 e. The van der Waals surface area contributed by atoms with Gasteiger partial charge >= 0.3 is 0 Å². The van der Waals surface area contributed by atoms with Crippen LogP contribution in [0, 0.1) is 0 Å². The summed E-state index contributed by atoms with van der Waals surface area (Å²) in [5.41, 5.74) is 7.48. The van der Waals surface area contributed by atoms with Gasteiger partial charge < -0.3 is 11.1 Å². The number of nitrogens with one attached hydrogen (secondary N) is 1. The van der Waals surface area contributed by atoms with Gasteiger partial charge in [0.1, 0.15) is 6.67 Å². The lowest BCUT2D eigenvalue weighted by molar-refractivity contribution is 0.296. The van der Waals surface area contributed by atoms with Crippen molar-refractivity contribution in [3.05, 3.63) is 24.3 Å². The van der Waals surface area contributed by atoms with Gasteiger partial charge in [-0.15, -0.1) is 0 Å². The predicted molar refractivity (Wildman–Crippen MR) is 65.3 cm³/mol. The van der Waals surface area contributed by atoms with Crippen molar-refractivity contribution in [3.63, 3.8) is 0 Å². The molecule has 1 fully saturated rings. The Labute approximate surface area is 95.4 Å². The SMILES string of the molecule is Nc1ccc(N[C@@H]2CCN(CCF)C2)cc1. The molecule has 4 heteroatoms. The number of alkyl halides is 1. The number of hydrogen-bond acceptors (Lipinski definition) is 3. The van der Waals surface area contributed by atoms with E-state index in [1.807, 2.05) is 24.3 Å². The van der Waals surface area contributed by atoms with E-state index >= 15 is 0 Å². The quantitative estimate of drug-likeness (QED) is 0.764. The molecule has 0 amide bonds. The molecule has 0 spiro atoms. The average molecular weight is 223 g/mol. The molecule has 1 atom stereocenters. The lowest BCUT2D eigenvalue weighted by atomic mass is 10.2. The maximum Gasteiger partial charge on any atom is 0.102 e. The van der Waals surface area contributed by atoms with E-state index in [1.165, 1.54) is 0 Å². The molecule has 1 heterocycles. The molecule has 1 aromatic rings. The predicted octanol–water partition coefficient (Wildman–Crippen LogP) is 1.72. The summed E-state index contributed by atoms with van der Waals surface area (Å²) in [4.78, 5) is 2.15. The Hall–Kier alpha value is -1.29. The van der Waals surface area contributed by atoms with Crippen LogP contribution < -0.4 is 11.1 Å². The fourth-order valence-electron chi connectivity index (χ4n) is 2.09. The van der Waals surface area contributed by atoms with Crippen molar-refractivity contribution < 1.29 is 4.39 Å². The summed E-state index contributed by atoms with van der Waals surface area (Å²) in [6.45, 7) is 2.21. The number of nitrogens with two attached hydrogens (primary N) is 1. The van der Waals surface area contributed by atoms with Crippen molar-refractivity contribution in [2.45, 2.75) is 12.5 Å². The van der Waals surface area contributed by atoms with E-state index in [0.717, 1.165) is 30.9 Å².